The van der Waals surface area contributed by atoms with Crippen molar-refractivity contribution in [3.63, 3.8) is 0 Å². The van der Waals surface area contributed by atoms with Gasteiger partial charge in [-0.2, -0.15) is 0 Å². The Balaban J connectivity index is 3.24. The maximum Gasteiger partial charge on any atom is 0.341 e. The van der Waals surface area contributed by atoms with Gasteiger partial charge in [-0.15, -0.1) is 0 Å². The highest BCUT2D eigenvalue weighted by Crippen LogP contribution is 2.22. The maximum atomic E-state index is 11.7. The van der Waals surface area contributed by atoms with Crippen LogP contribution in [0, 0.1) is 0 Å². The fraction of sp³-hybridized carbons (Fsp3) is 0.214. The van der Waals surface area contributed by atoms with Crippen molar-refractivity contribution in [3.05, 3.63) is 47.7 Å². The van der Waals surface area contributed by atoms with Crippen LogP contribution in [-0.2, 0) is 14.3 Å². The van der Waals surface area contributed by atoms with Crippen LogP contribution in [0.1, 0.15) is 11.1 Å². The SMILES string of the molecule is CO/C=C(/C(=O)OC)c1ccccc1/C=C/CBr. The molecule has 1 rings (SSSR count). The summed E-state index contributed by atoms with van der Waals surface area (Å²) in [7, 11) is 2.85. The third-order valence-corrected chi connectivity index (χ3v) is 2.65. The molecule has 96 valence electrons. The van der Waals surface area contributed by atoms with Gasteiger partial charge in [0.25, 0.3) is 0 Å². The summed E-state index contributed by atoms with van der Waals surface area (Å²) in [5, 5.41) is 0.753. The molecule has 0 aliphatic carbocycles. The Labute approximate surface area is 115 Å². The van der Waals surface area contributed by atoms with E-state index < -0.39 is 5.97 Å². The quantitative estimate of drug-likeness (QED) is 0.362. The third kappa shape index (κ3) is 3.74. The minimum atomic E-state index is -0.420. The van der Waals surface area contributed by atoms with Gasteiger partial charge in [0.05, 0.1) is 20.5 Å². The summed E-state index contributed by atoms with van der Waals surface area (Å²) in [5.41, 5.74) is 2.11. The average Bonchev–Trinajstić information content (AvgIpc) is 2.42. The Hall–Kier alpha value is -1.55. The second-order valence-corrected chi connectivity index (χ2v) is 4.05. The number of benzene rings is 1. The third-order valence-electron chi connectivity index (χ3n) is 2.28. The molecule has 0 saturated heterocycles. The molecule has 4 heteroatoms. The molecule has 0 spiro atoms. The van der Waals surface area contributed by atoms with Crippen LogP contribution in [0.2, 0.25) is 0 Å². The van der Waals surface area contributed by atoms with Gasteiger partial charge in [-0.3, -0.25) is 0 Å². The number of alkyl halides is 1. The molecule has 0 aromatic heterocycles. The number of rotatable bonds is 5. The Morgan fingerprint density at radius 1 is 1.33 bits per heavy atom. The van der Waals surface area contributed by atoms with Gasteiger partial charge in [-0.1, -0.05) is 52.3 Å². The van der Waals surface area contributed by atoms with Gasteiger partial charge >= 0.3 is 5.97 Å². The lowest BCUT2D eigenvalue weighted by Gasteiger charge is -2.08. The number of hydrogen-bond donors (Lipinski definition) is 0. The fourth-order valence-electron chi connectivity index (χ4n) is 1.51. The van der Waals surface area contributed by atoms with Gasteiger partial charge in [0.1, 0.15) is 5.57 Å². The second kappa shape index (κ2) is 7.71. The van der Waals surface area contributed by atoms with Gasteiger partial charge in [0.2, 0.25) is 0 Å². The summed E-state index contributed by atoms with van der Waals surface area (Å²) >= 11 is 3.32. The van der Waals surface area contributed by atoms with E-state index in [-0.39, 0.29) is 0 Å². The van der Waals surface area contributed by atoms with E-state index in [4.69, 9.17) is 9.47 Å². The van der Waals surface area contributed by atoms with Crippen molar-refractivity contribution in [2.24, 2.45) is 0 Å². The van der Waals surface area contributed by atoms with E-state index in [1.54, 1.807) is 0 Å². The average molecular weight is 311 g/mol. The first-order valence-electron chi connectivity index (χ1n) is 5.37. The zero-order valence-electron chi connectivity index (χ0n) is 10.4. The molecule has 0 bridgehead atoms. The summed E-state index contributed by atoms with van der Waals surface area (Å²) < 4.78 is 9.70. The molecular formula is C14H15BrO3. The van der Waals surface area contributed by atoms with Crippen LogP contribution in [-0.4, -0.2) is 25.5 Å². The summed E-state index contributed by atoms with van der Waals surface area (Å²) in [5.74, 6) is -0.420. The number of ether oxygens (including phenoxy) is 2. The zero-order chi connectivity index (χ0) is 13.4. The van der Waals surface area contributed by atoms with E-state index in [0.29, 0.717) is 5.57 Å². The normalized spacial score (nSPS) is 11.6. The Kier molecular flexibility index (Phi) is 6.22. The van der Waals surface area contributed by atoms with E-state index >= 15 is 0 Å². The van der Waals surface area contributed by atoms with E-state index in [0.717, 1.165) is 16.5 Å². The van der Waals surface area contributed by atoms with Crippen molar-refractivity contribution in [1.82, 2.24) is 0 Å². The van der Waals surface area contributed by atoms with Crippen LogP contribution in [0.3, 0.4) is 0 Å². The number of methoxy groups -OCH3 is 2. The molecule has 0 N–H and O–H groups in total. The molecule has 0 saturated carbocycles. The molecule has 0 atom stereocenters. The van der Waals surface area contributed by atoms with Crippen molar-refractivity contribution in [2.45, 2.75) is 0 Å². The lowest BCUT2D eigenvalue weighted by molar-refractivity contribution is -0.133. The molecule has 0 fully saturated rings. The largest absolute Gasteiger partial charge is 0.503 e. The van der Waals surface area contributed by atoms with E-state index in [2.05, 4.69) is 15.9 Å². The molecule has 0 unspecified atom stereocenters. The molecule has 18 heavy (non-hydrogen) atoms. The van der Waals surface area contributed by atoms with Crippen LogP contribution in [0.15, 0.2) is 36.6 Å². The first kappa shape index (κ1) is 14.5. The van der Waals surface area contributed by atoms with Crippen LogP contribution >= 0.6 is 15.9 Å². The van der Waals surface area contributed by atoms with Crippen LogP contribution in [0.4, 0.5) is 0 Å². The first-order valence-corrected chi connectivity index (χ1v) is 6.50. The minimum Gasteiger partial charge on any atom is -0.503 e. The molecule has 0 aliphatic heterocycles. The monoisotopic (exact) mass is 310 g/mol. The predicted octanol–water partition coefficient (Wildman–Crippen LogP) is 3.26. The highest BCUT2D eigenvalue weighted by atomic mass is 79.9. The van der Waals surface area contributed by atoms with Crippen molar-refractivity contribution < 1.29 is 14.3 Å². The molecular weight excluding hydrogens is 296 g/mol. The first-order chi connectivity index (χ1) is 8.74. The fourth-order valence-corrected chi connectivity index (χ4v) is 1.70. The standard InChI is InChI=1S/C14H15BrO3/c1-17-10-13(14(16)18-2)12-8-4-3-6-11(12)7-5-9-15/h3-8,10H,9H2,1-2H3/b7-5+,13-10+. The van der Waals surface area contributed by atoms with Gasteiger partial charge in [0.15, 0.2) is 0 Å². The number of hydrogen-bond acceptors (Lipinski definition) is 3. The van der Waals surface area contributed by atoms with Crippen molar-refractivity contribution in [3.8, 4) is 0 Å². The van der Waals surface area contributed by atoms with Crippen LogP contribution in [0.5, 0.6) is 0 Å². The van der Waals surface area contributed by atoms with E-state index in [1.165, 1.54) is 20.5 Å². The van der Waals surface area contributed by atoms with Gasteiger partial charge < -0.3 is 9.47 Å². The predicted molar refractivity (Wildman–Crippen MR) is 76.3 cm³/mol. The lowest BCUT2D eigenvalue weighted by Crippen LogP contribution is -2.05. The molecule has 0 heterocycles. The Bertz CT molecular complexity index is 464. The number of carbonyl (C=O) groups is 1. The summed E-state index contributed by atoms with van der Waals surface area (Å²) in [6, 6.07) is 7.57. The van der Waals surface area contributed by atoms with Gasteiger partial charge in [-0.05, 0) is 11.1 Å². The van der Waals surface area contributed by atoms with Crippen LogP contribution < -0.4 is 0 Å². The van der Waals surface area contributed by atoms with E-state index in [1.807, 2.05) is 36.4 Å². The van der Waals surface area contributed by atoms with Gasteiger partial charge in [-0.25, -0.2) is 4.79 Å². The smallest absolute Gasteiger partial charge is 0.341 e. The highest BCUT2D eigenvalue weighted by molar-refractivity contribution is 9.09. The summed E-state index contributed by atoms with van der Waals surface area (Å²) in [6.07, 6.45) is 5.30. The maximum absolute atomic E-state index is 11.7. The second-order valence-electron chi connectivity index (χ2n) is 3.40. The van der Waals surface area contributed by atoms with Crippen molar-refractivity contribution in [1.29, 1.82) is 0 Å². The van der Waals surface area contributed by atoms with Gasteiger partial charge in [0, 0.05) is 5.33 Å². The van der Waals surface area contributed by atoms with E-state index in [9.17, 15) is 4.79 Å². The number of allylic oxidation sites excluding steroid dienone is 1. The topological polar surface area (TPSA) is 35.5 Å². The van der Waals surface area contributed by atoms with Crippen LogP contribution in [0.25, 0.3) is 11.6 Å². The molecule has 1 aromatic carbocycles. The number of carbonyl (C=O) groups excluding carboxylic acids is 1. The molecule has 3 nitrogen and oxygen atoms in total. The van der Waals surface area contributed by atoms with Crippen molar-refractivity contribution >= 4 is 33.5 Å². The minimum absolute atomic E-state index is 0.398. The molecule has 0 aliphatic rings. The Morgan fingerprint density at radius 2 is 2.06 bits per heavy atom. The molecule has 0 radical (unpaired) electrons. The summed E-state index contributed by atoms with van der Waals surface area (Å²) in [6.45, 7) is 0. The molecule has 0 amide bonds. The lowest BCUT2D eigenvalue weighted by atomic mass is 10.0. The molecule has 1 aromatic rings. The zero-order valence-corrected chi connectivity index (χ0v) is 11.9. The number of esters is 1. The Morgan fingerprint density at radius 3 is 2.67 bits per heavy atom. The number of halogens is 1. The highest BCUT2D eigenvalue weighted by Gasteiger charge is 2.15. The van der Waals surface area contributed by atoms with Crippen molar-refractivity contribution in [2.75, 3.05) is 19.5 Å². The summed E-state index contributed by atoms with van der Waals surface area (Å²) in [4.78, 5) is 11.7.